The molecule has 27 heavy (non-hydrogen) atoms. The number of nitro benzene ring substituents is 1. The van der Waals surface area contributed by atoms with Gasteiger partial charge in [-0.25, -0.2) is 0 Å². The summed E-state index contributed by atoms with van der Waals surface area (Å²) in [5.41, 5.74) is 1.69. The van der Waals surface area contributed by atoms with Crippen LogP contribution in [-0.4, -0.2) is 24.0 Å². The maximum absolute atomic E-state index is 12.4. The molecule has 1 N–H and O–H groups in total. The van der Waals surface area contributed by atoms with Crippen molar-refractivity contribution >= 4 is 17.3 Å². The van der Waals surface area contributed by atoms with Crippen molar-refractivity contribution in [3.63, 3.8) is 0 Å². The number of hydrogen-bond acceptors (Lipinski definition) is 5. The van der Waals surface area contributed by atoms with E-state index in [1.807, 2.05) is 24.3 Å². The predicted octanol–water partition coefficient (Wildman–Crippen LogP) is 4.31. The summed E-state index contributed by atoms with van der Waals surface area (Å²) in [7, 11) is 1.43. The van der Waals surface area contributed by atoms with Crippen molar-refractivity contribution in [3.8, 4) is 11.5 Å². The molecule has 0 saturated heterocycles. The summed E-state index contributed by atoms with van der Waals surface area (Å²) in [4.78, 5) is 22.8. The van der Waals surface area contributed by atoms with Crippen LogP contribution in [0, 0.1) is 10.1 Å². The Hall–Kier alpha value is -3.09. The van der Waals surface area contributed by atoms with Gasteiger partial charge in [-0.15, -0.1) is 0 Å². The van der Waals surface area contributed by atoms with Crippen LogP contribution in [-0.2, 0) is 10.2 Å². The van der Waals surface area contributed by atoms with E-state index in [9.17, 15) is 14.9 Å². The average molecular weight is 372 g/mol. The van der Waals surface area contributed by atoms with E-state index in [1.165, 1.54) is 25.3 Å². The molecule has 0 aliphatic carbocycles. The van der Waals surface area contributed by atoms with Gasteiger partial charge in [-0.3, -0.25) is 14.9 Å². The van der Waals surface area contributed by atoms with E-state index >= 15 is 0 Å². The maximum Gasteiger partial charge on any atom is 0.273 e. The number of amides is 1. The first-order chi connectivity index (χ1) is 12.6. The first-order valence-corrected chi connectivity index (χ1v) is 8.52. The Morgan fingerprint density at radius 1 is 1.11 bits per heavy atom. The van der Waals surface area contributed by atoms with Crippen LogP contribution in [0.15, 0.2) is 42.5 Å². The number of methoxy groups -OCH3 is 1. The maximum atomic E-state index is 12.4. The van der Waals surface area contributed by atoms with Crippen molar-refractivity contribution in [1.29, 1.82) is 0 Å². The molecule has 0 fully saturated rings. The van der Waals surface area contributed by atoms with Gasteiger partial charge in [-0.2, -0.15) is 0 Å². The van der Waals surface area contributed by atoms with Crippen LogP contribution in [0.1, 0.15) is 33.3 Å². The Morgan fingerprint density at radius 3 is 2.26 bits per heavy atom. The van der Waals surface area contributed by atoms with Gasteiger partial charge in [-0.05, 0) is 36.1 Å². The first-order valence-electron chi connectivity index (χ1n) is 8.52. The van der Waals surface area contributed by atoms with Crippen LogP contribution in [0.3, 0.4) is 0 Å². The van der Waals surface area contributed by atoms with Crippen molar-refractivity contribution in [2.45, 2.75) is 39.2 Å². The first kappa shape index (κ1) is 20.2. The molecule has 2 rings (SSSR count). The van der Waals surface area contributed by atoms with Gasteiger partial charge < -0.3 is 14.8 Å². The molecule has 144 valence electrons. The van der Waals surface area contributed by atoms with E-state index < -0.39 is 11.0 Å². The zero-order valence-corrected chi connectivity index (χ0v) is 16.1. The number of carbonyl (C=O) groups excluding carboxylic acids is 1. The topological polar surface area (TPSA) is 90.7 Å². The van der Waals surface area contributed by atoms with Crippen LogP contribution in [0.25, 0.3) is 0 Å². The Kier molecular flexibility index (Phi) is 6.05. The van der Waals surface area contributed by atoms with Crippen LogP contribution in [0.4, 0.5) is 11.4 Å². The van der Waals surface area contributed by atoms with E-state index in [2.05, 4.69) is 26.1 Å². The fourth-order valence-corrected chi connectivity index (χ4v) is 2.41. The second-order valence-electron chi connectivity index (χ2n) is 7.17. The third-order valence-corrected chi connectivity index (χ3v) is 4.05. The summed E-state index contributed by atoms with van der Waals surface area (Å²) in [6.07, 6.45) is -0.872. The minimum absolute atomic E-state index is 0.0253. The molecule has 0 saturated carbocycles. The number of benzene rings is 2. The van der Waals surface area contributed by atoms with E-state index in [1.54, 1.807) is 6.92 Å². The highest BCUT2D eigenvalue weighted by atomic mass is 16.6. The van der Waals surface area contributed by atoms with E-state index in [4.69, 9.17) is 9.47 Å². The zero-order valence-electron chi connectivity index (χ0n) is 16.1. The molecular formula is C20H24N2O5. The van der Waals surface area contributed by atoms with Crippen molar-refractivity contribution in [1.82, 2.24) is 0 Å². The van der Waals surface area contributed by atoms with Gasteiger partial charge in [0.1, 0.15) is 0 Å². The number of ether oxygens (including phenoxy) is 2. The van der Waals surface area contributed by atoms with Gasteiger partial charge in [0.2, 0.25) is 0 Å². The highest BCUT2D eigenvalue weighted by Crippen LogP contribution is 2.32. The molecule has 1 atom stereocenters. The van der Waals surface area contributed by atoms with Crippen molar-refractivity contribution in [2.75, 3.05) is 12.4 Å². The third kappa shape index (κ3) is 5.20. The summed E-state index contributed by atoms with van der Waals surface area (Å²) in [5.74, 6) is 0.0827. The fraction of sp³-hybridized carbons (Fsp3) is 0.350. The third-order valence-electron chi connectivity index (χ3n) is 4.05. The average Bonchev–Trinajstić information content (AvgIpc) is 2.61. The molecule has 0 radical (unpaired) electrons. The molecule has 0 bridgehead atoms. The molecule has 0 heterocycles. The highest BCUT2D eigenvalue weighted by molar-refractivity contribution is 5.94. The number of nitrogens with zero attached hydrogens (tertiary/aromatic N) is 1. The Morgan fingerprint density at radius 2 is 1.74 bits per heavy atom. The van der Waals surface area contributed by atoms with Gasteiger partial charge in [0.15, 0.2) is 17.6 Å². The second kappa shape index (κ2) is 8.07. The standard InChI is InChI=1S/C20H24N2O5/c1-13(27-18-12-16(22(24)25)10-11-17(18)26-5)19(23)21-15-8-6-14(7-9-15)20(2,3)4/h6-13H,1-5H3,(H,21,23). The molecule has 7 nitrogen and oxygen atoms in total. The molecule has 2 aromatic carbocycles. The highest BCUT2D eigenvalue weighted by Gasteiger charge is 2.20. The number of anilines is 1. The Balaban J connectivity index is 2.09. The number of nitrogens with one attached hydrogen (secondary N) is 1. The molecular weight excluding hydrogens is 348 g/mol. The van der Waals surface area contributed by atoms with Gasteiger partial charge in [-0.1, -0.05) is 32.9 Å². The fourth-order valence-electron chi connectivity index (χ4n) is 2.41. The number of nitro groups is 1. The molecule has 7 heteroatoms. The monoisotopic (exact) mass is 372 g/mol. The largest absolute Gasteiger partial charge is 0.493 e. The SMILES string of the molecule is COc1ccc([N+](=O)[O-])cc1OC(C)C(=O)Nc1ccc(C(C)(C)C)cc1. The molecule has 0 spiro atoms. The summed E-state index contributed by atoms with van der Waals surface area (Å²) < 4.78 is 10.7. The lowest BCUT2D eigenvalue weighted by Gasteiger charge is -2.20. The van der Waals surface area contributed by atoms with Crippen molar-refractivity contribution < 1.29 is 19.2 Å². The zero-order chi connectivity index (χ0) is 20.2. The van der Waals surface area contributed by atoms with E-state index in [0.29, 0.717) is 11.4 Å². The summed E-state index contributed by atoms with van der Waals surface area (Å²) in [6.45, 7) is 7.91. The summed E-state index contributed by atoms with van der Waals surface area (Å²) in [5, 5.41) is 13.7. The lowest BCUT2D eigenvalue weighted by molar-refractivity contribution is -0.385. The number of rotatable bonds is 6. The van der Waals surface area contributed by atoms with Crippen molar-refractivity contribution in [2.24, 2.45) is 0 Å². The second-order valence-corrected chi connectivity index (χ2v) is 7.17. The summed E-state index contributed by atoms with van der Waals surface area (Å²) in [6, 6.07) is 11.6. The van der Waals surface area contributed by atoms with Gasteiger partial charge in [0.25, 0.3) is 11.6 Å². The number of hydrogen-bond donors (Lipinski definition) is 1. The van der Waals surface area contributed by atoms with Crippen LogP contribution in [0.5, 0.6) is 11.5 Å². The molecule has 0 aromatic heterocycles. The molecule has 1 amide bonds. The van der Waals surface area contributed by atoms with Gasteiger partial charge in [0, 0.05) is 11.8 Å². The van der Waals surface area contributed by atoms with Crippen LogP contribution in [0.2, 0.25) is 0 Å². The minimum Gasteiger partial charge on any atom is -0.493 e. The molecule has 2 aromatic rings. The molecule has 0 aliphatic heterocycles. The van der Waals surface area contributed by atoms with Crippen molar-refractivity contribution in [3.05, 3.63) is 58.1 Å². The smallest absolute Gasteiger partial charge is 0.273 e. The molecule has 0 aliphatic rings. The van der Waals surface area contributed by atoms with E-state index in [-0.39, 0.29) is 22.8 Å². The Labute approximate surface area is 158 Å². The van der Waals surface area contributed by atoms with Crippen LogP contribution >= 0.6 is 0 Å². The van der Waals surface area contributed by atoms with E-state index in [0.717, 1.165) is 5.56 Å². The number of non-ortho nitro benzene ring substituents is 1. The Bertz CT molecular complexity index is 825. The quantitative estimate of drug-likeness (QED) is 0.603. The normalized spacial score (nSPS) is 12.2. The summed E-state index contributed by atoms with van der Waals surface area (Å²) >= 11 is 0. The minimum atomic E-state index is -0.872. The lowest BCUT2D eigenvalue weighted by atomic mass is 9.87. The number of carbonyl (C=O) groups is 1. The molecule has 1 unspecified atom stereocenters. The lowest BCUT2D eigenvalue weighted by Crippen LogP contribution is -2.30. The van der Waals surface area contributed by atoms with Gasteiger partial charge in [0.05, 0.1) is 18.1 Å². The predicted molar refractivity (Wildman–Crippen MR) is 104 cm³/mol. The van der Waals surface area contributed by atoms with Crippen LogP contribution < -0.4 is 14.8 Å². The van der Waals surface area contributed by atoms with Gasteiger partial charge >= 0.3 is 0 Å².